The third-order valence-electron chi connectivity index (χ3n) is 10.1. The largest absolute Gasteiger partial charge is 0.510 e. The van der Waals surface area contributed by atoms with Gasteiger partial charge in [0.2, 0.25) is 0 Å². The smallest absolute Gasteiger partial charge is 0.267 e. The molecule has 0 spiro atoms. The number of aromatic nitrogens is 4. The number of nitrogens with zero attached hydrogens (tertiary/aromatic N) is 4. The van der Waals surface area contributed by atoms with Crippen molar-refractivity contribution in [2.45, 2.75) is 105 Å². The Morgan fingerprint density at radius 2 is 1.24 bits per heavy atom. The van der Waals surface area contributed by atoms with Gasteiger partial charge in [0, 0.05) is 56.7 Å². The summed E-state index contributed by atoms with van der Waals surface area (Å²) < 4.78 is 12.7. The molecule has 54 heavy (non-hydrogen) atoms. The molecule has 0 saturated heterocycles. The molecule has 3 heterocycles. The average Bonchev–Trinajstić information content (AvgIpc) is 3.70. The van der Waals surface area contributed by atoms with E-state index in [0.29, 0.717) is 11.5 Å². The van der Waals surface area contributed by atoms with Crippen molar-refractivity contribution in [3.05, 3.63) is 138 Å². The van der Waals surface area contributed by atoms with Crippen LogP contribution in [-0.4, -0.2) is 14.1 Å². The van der Waals surface area contributed by atoms with E-state index < -0.39 is 0 Å². The van der Waals surface area contributed by atoms with E-state index >= 15 is 0 Å². The van der Waals surface area contributed by atoms with Gasteiger partial charge in [-0.3, -0.25) is 4.57 Å². The Kier molecular flexibility index (Phi) is 10.2. The van der Waals surface area contributed by atoms with E-state index in [9.17, 15) is 0 Å². The van der Waals surface area contributed by atoms with Crippen molar-refractivity contribution in [2.24, 2.45) is 0 Å². The minimum atomic E-state index is -0.0169. The zero-order chi connectivity index (χ0) is 38.1. The zero-order valence-electron chi connectivity index (χ0n) is 33.8. The number of benzene rings is 4. The molecule has 5 nitrogen and oxygen atoms in total. The summed E-state index contributed by atoms with van der Waals surface area (Å²) in [7, 11) is 0. The fourth-order valence-corrected chi connectivity index (χ4v) is 6.66. The number of fused-ring (bicyclic) bond motifs is 3. The summed E-state index contributed by atoms with van der Waals surface area (Å²) in [6, 6.07) is 35.1. The molecule has 0 aliphatic rings. The van der Waals surface area contributed by atoms with Crippen molar-refractivity contribution < 1.29 is 30.4 Å². The van der Waals surface area contributed by atoms with Crippen LogP contribution in [-0.2, 0) is 42.7 Å². The van der Waals surface area contributed by atoms with Crippen LogP contribution in [0.4, 0.5) is 0 Å². The monoisotopic (exact) mass is 895 g/mol. The Morgan fingerprint density at radius 3 is 1.89 bits per heavy atom. The maximum absolute atomic E-state index is 6.51. The molecule has 0 bridgehead atoms. The second-order valence-electron chi connectivity index (χ2n) is 18.5. The van der Waals surface area contributed by atoms with Gasteiger partial charge in [-0.05, 0) is 85.3 Å². The maximum Gasteiger partial charge on any atom is 0.267 e. The molecule has 0 aliphatic heterocycles. The number of pyridine rings is 1. The van der Waals surface area contributed by atoms with Gasteiger partial charge in [0.05, 0.1) is 5.69 Å². The van der Waals surface area contributed by atoms with Crippen LogP contribution in [0.3, 0.4) is 0 Å². The maximum atomic E-state index is 6.51. The SMILES string of the molecule is CC(C)(C)c1cc(-[n+]2[c-]n(-c3[c-]c(Oc4[c-]c5c(cc4)c4cc(C(C)(C)C)ccc4n5-c4cc(C(C)(C)C)ccn4)ccc3)cc2)cc(C(C)(C)C)c1.[Pt]. The van der Waals surface area contributed by atoms with Gasteiger partial charge in [-0.25, -0.2) is 4.98 Å². The first-order valence-corrected chi connectivity index (χ1v) is 18.6. The summed E-state index contributed by atoms with van der Waals surface area (Å²) >= 11 is 0. The average molecular weight is 896 g/mol. The van der Waals surface area contributed by atoms with Crippen LogP contribution in [0.25, 0.3) is 39.0 Å². The van der Waals surface area contributed by atoms with Crippen LogP contribution in [0.2, 0.25) is 0 Å². The fourth-order valence-electron chi connectivity index (χ4n) is 6.66. The molecule has 7 aromatic rings. The Hall–Kier alpha value is -4.47. The first kappa shape index (κ1) is 39.2. The van der Waals surface area contributed by atoms with Crippen molar-refractivity contribution in [3.63, 3.8) is 0 Å². The molecule has 0 unspecified atom stereocenters. The Morgan fingerprint density at radius 1 is 0.611 bits per heavy atom. The van der Waals surface area contributed by atoms with E-state index in [1.165, 1.54) is 27.6 Å². The van der Waals surface area contributed by atoms with Gasteiger partial charge in [-0.1, -0.05) is 107 Å². The first-order valence-electron chi connectivity index (χ1n) is 18.6. The number of ether oxygens (including phenoxy) is 1. The molecule has 7 rings (SSSR count). The molecule has 0 radical (unpaired) electrons. The van der Waals surface area contributed by atoms with Gasteiger partial charge in [-0.15, -0.1) is 29.7 Å². The van der Waals surface area contributed by atoms with Crippen molar-refractivity contribution >= 4 is 21.8 Å². The molecule has 0 aliphatic carbocycles. The molecule has 282 valence electrons. The third kappa shape index (κ3) is 7.84. The molecule has 0 atom stereocenters. The van der Waals surface area contributed by atoms with Crippen molar-refractivity contribution in [1.82, 2.24) is 14.1 Å². The van der Waals surface area contributed by atoms with Gasteiger partial charge in [0.25, 0.3) is 6.33 Å². The second kappa shape index (κ2) is 14.0. The summed E-state index contributed by atoms with van der Waals surface area (Å²) in [5.74, 6) is 2.07. The quantitative estimate of drug-likeness (QED) is 0.127. The molecular formula is C48H52N4OPt-2. The van der Waals surface area contributed by atoms with E-state index in [2.05, 4.69) is 165 Å². The van der Waals surface area contributed by atoms with E-state index in [4.69, 9.17) is 9.72 Å². The summed E-state index contributed by atoms with van der Waals surface area (Å²) in [6.07, 6.45) is 9.48. The van der Waals surface area contributed by atoms with Crippen LogP contribution in [0, 0.1) is 18.5 Å². The number of rotatable bonds is 5. The van der Waals surface area contributed by atoms with Crippen molar-refractivity contribution in [2.75, 3.05) is 0 Å². The number of imidazole rings is 1. The van der Waals surface area contributed by atoms with Crippen LogP contribution in [0.5, 0.6) is 11.5 Å². The van der Waals surface area contributed by atoms with Crippen LogP contribution in [0.1, 0.15) is 105 Å². The summed E-state index contributed by atoms with van der Waals surface area (Å²) in [6.45, 7) is 27.0. The van der Waals surface area contributed by atoms with Gasteiger partial charge >= 0.3 is 0 Å². The Balaban J connectivity index is 0.00000497. The topological polar surface area (TPSA) is 35.9 Å². The normalized spacial score (nSPS) is 12.7. The van der Waals surface area contributed by atoms with E-state index in [1.807, 2.05) is 47.4 Å². The Labute approximate surface area is 336 Å². The van der Waals surface area contributed by atoms with Gasteiger partial charge in [0.15, 0.2) is 0 Å². The van der Waals surface area contributed by atoms with E-state index in [-0.39, 0.29) is 42.7 Å². The van der Waals surface area contributed by atoms with Gasteiger partial charge in [0.1, 0.15) is 5.82 Å². The predicted octanol–water partition coefficient (Wildman–Crippen LogP) is 11.6. The molecule has 6 heteroatoms. The zero-order valence-corrected chi connectivity index (χ0v) is 36.0. The van der Waals surface area contributed by atoms with E-state index in [1.54, 1.807) is 0 Å². The molecule has 0 N–H and O–H groups in total. The summed E-state index contributed by atoms with van der Waals surface area (Å²) in [5.41, 5.74) is 9.09. The number of hydrogen-bond acceptors (Lipinski definition) is 2. The molecule has 0 fully saturated rings. The van der Waals surface area contributed by atoms with Gasteiger partial charge in [-0.2, -0.15) is 18.2 Å². The molecule has 3 aromatic heterocycles. The fraction of sp³-hybridized carbons (Fsp3) is 0.333. The third-order valence-corrected chi connectivity index (χ3v) is 10.1. The minimum Gasteiger partial charge on any atom is -0.510 e. The molecular weight excluding hydrogens is 844 g/mol. The molecule has 4 aromatic carbocycles. The van der Waals surface area contributed by atoms with Crippen LogP contribution < -0.4 is 9.30 Å². The van der Waals surface area contributed by atoms with E-state index in [0.717, 1.165) is 33.6 Å². The minimum absolute atomic E-state index is 0. The second-order valence-corrected chi connectivity index (χ2v) is 18.5. The van der Waals surface area contributed by atoms with Crippen molar-refractivity contribution in [1.29, 1.82) is 0 Å². The number of hydrogen-bond donors (Lipinski definition) is 0. The first-order chi connectivity index (χ1) is 24.8. The molecule has 0 saturated carbocycles. The summed E-state index contributed by atoms with van der Waals surface area (Å²) in [4.78, 5) is 4.87. The molecule has 0 amide bonds. The Bertz CT molecular complexity index is 2440. The predicted molar refractivity (Wildman–Crippen MR) is 217 cm³/mol. The summed E-state index contributed by atoms with van der Waals surface area (Å²) in [5, 5.41) is 2.28. The standard InChI is InChI=1S/C48H52N4O.Pt/c1-45(2,3)32-16-19-42-41(27-32)40-18-17-39(30-43(40)52(42)44-28-33(20-21-49-44)46(4,5)6)53-38-15-13-14-36(29-38)50-22-23-51(31-50)37-25-34(47(7,8)9)24-35(26-37)48(10,11)12;/h13-28H,1-12H3;/q-2;. The van der Waals surface area contributed by atoms with Crippen molar-refractivity contribution in [3.8, 4) is 28.7 Å². The van der Waals surface area contributed by atoms with Crippen LogP contribution >= 0.6 is 0 Å². The van der Waals surface area contributed by atoms with Gasteiger partial charge < -0.3 is 13.9 Å². The van der Waals surface area contributed by atoms with Crippen LogP contribution in [0.15, 0.2) is 97.5 Å².